The van der Waals surface area contributed by atoms with Gasteiger partial charge < -0.3 is 9.84 Å². The van der Waals surface area contributed by atoms with Crippen molar-refractivity contribution in [2.45, 2.75) is 13.8 Å². The Hall–Kier alpha value is -2.94. The lowest BCUT2D eigenvalue weighted by Gasteiger charge is -2.09. The molecule has 0 amide bonds. The average molecular weight is 269 g/mol. The number of nitrogens with zero attached hydrogens (tertiary/aromatic N) is 3. The van der Waals surface area contributed by atoms with Crippen LogP contribution in [0.25, 0.3) is 0 Å². The number of rotatable bonds is 3. The van der Waals surface area contributed by atoms with Gasteiger partial charge in [-0.3, -0.25) is 9.97 Å². The summed E-state index contributed by atoms with van der Waals surface area (Å²) in [6, 6.07) is 5.00. The van der Waals surface area contributed by atoms with Crippen molar-refractivity contribution in [2.24, 2.45) is 0 Å². The third-order valence-corrected chi connectivity index (χ3v) is 2.59. The van der Waals surface area contributed by atoms with Crippen molar-refractivity contribution in [3.05, 3.63) is 47.0 Å². The molecule has 0 radical (unpaired) electrons. The Morgan fingerprint density at radius 2 is 2.10 bits per heavy atom. The molecule has 0 aliphatic heterocycles. The van der Waals surface area contributed by atoms with E-state index in [0.29, 0.717) is 22.7 Å². The predicted octanol–water partition coefficient (Wildman–Crippen LogP) is 2.46. The second-order valence-corrected chi connectivity index (χ2v) is 4.15. The highest BCUT2D eigenvalue weighted by Gasteiger charge is 2.12. The van der Waals surface area contributed by atoms with Crippen LogP contribution in [0.4, 0.5) is 0 Å². The van der Waals surface area contributed by atoms with Gasteiger partial charge in [-0.05, 0) is 19.9 Å². The Kier molecular flexibility index (Phi) is 3.62. The van der Waals surface area contributed by atoms with Gasteiger partial charge in [-0.15, -0.1) is 0 Å². The molecule has 0 fully saturated rings. The highest BCUT2D eigenvalue weighted by molar-refractivity contribution is 5.87. The van der Waals surface area contributed by atoms with E-state index in [-0.39, 0.29) is 11.3 Å². The maximum atomic E-state index is 10.9. The van der Waals surface area contributed by atoms with E-state index in [9.17, 15) is 4.79 Å². The standard InChI is InChI=1S/C14H11N3O3/c1-8-3-13(12(5-15)9(2)17-8)20-11-4-10(14(18)19)6-16-7-11/h3-4,6-7H,1-2H3,(H,18,19). The number of ether oxygens (including phenoxy) is 1. The second kappa shape index (κ2) is 5.36. The maximum Gasteiger partial charge on any atom is 0.337 e. The molecule has 0 saturated heterocycles. The molecule has 2 heterocycles. The monoisotopic (exact) mass is 269 g/mol. The van der Waals surface area contributed by atoms with Crippen LogP contribution in [0.3, 0.4) is 0 Å². The van der Waals surface area contributed by atoms with Crippen molar-refractivity contribution in [1.29, 1.82) is 5.26 Å². The van der Waals surface area contributed by atoms with E-state index in [2.05, 4.69) is 9.97 Å². The molecule has 0 bridgehead atoms. The largest absolute Gasteiger partial charge is 0.478 e. The molecule has 20 heavy (non-hydrogen) atoms. The van der Waals surface area contributed by atoms with Crippen LogP contribution in [0, 0.1) is 25.2 Å². The molecule has 0 unspecified atom stereocenters. The number of pyridine rings is 2. The number of aryl methyl sites for hydroxylation is 2. The van der Waals surface area contributed by atoms with Gasteiger partial charge in [0.25, 0.3) is 0 Å². The van der Waals surface area contributed by atoms with Gasteiger partial charge in [-0.1, -0.05) is 0 Å². The van der Waals surface area contributed by atoms with Crippen molar-refractivity contribution in [3.63, 3.8) is 0 Å². The van der Waals surface area contributed by atoms with Crippen LogP contribution >= 0.6 is 0 Å². The highest BCUT2D eigenvalue weighted by Crippen LogP contribution is 2.27. The van der Waals surface area contributed by atoms with Crippen molar-refractivity contribution in [1.82, 2.24) is 9.97 Å². The molecule has 2 rings (SSSR count). The zero-order valence-corrected chi connectivity index (χ0v) is 10.9. The van der Waals surface area contributed by atoms with Gasteiger partial charge >= 0.3 is 5.97 Å². The molecule has 0 spiro atoms. The lowest BCUT2D eigenvalue weighted by Crippen LogP contribution is -1.99. The Balaban J connectivity index is 2.42. The molecule has 0 aliphatic rings. The van der Waals surface area contributed by atoms with Crippen LogP contribution in [-0.2, 0) is 0 Å². The molecule has 1 N–H and O–H groups in total. The molecule has 2 aromatic rings. The van der Waals surface area contributed by atoms with Crippen molar-refractivity contribution in [3.8, 4) is 17.6 Å². The maximum absolute atomic E-state index is 10.9. The Morgan fingerprint density at radius 1 is 1.35 bits per heavy atom. The summed E-state index contributed by atoms with van der Waals surface area (Å²) in [7, 11) is 0. The predicted molar refractivity (Wildman–Crippen MR) is 69.7 cm³/mol. The molecule has 6 heteroatoms. The summed E-state index contributed by atoms with van der Waals surface area (Å²) >= 11 is 0. The molecule has 6 nitrogen and oxygen atoms in total. The summed E-state index contributed by atoms with van der Waals surface area (Å²) in [5.41, 5.74) is 1.60. The van der Waals surface area contributed by atoms with Crippen molar-refractivity contribution < 1.29 is 14.6 Å². The SMILES string of the molecule is Cc1cc(Oc2cncc(C(=O)O)c2)c(C#N)c(C)n1. The van der Waals surface area contributed by atoms with Gasteiger partial charge in [0, 0.05) is 18.0 Å². The first kappa shape index (κ1) is 13.5. The van der Waals surface area contributed by atoms with Crippen LogP contribution in [0.15, 0.2) is 24.5 Å². The number of carbonyl (C=O) groups is 1. The zero-order valence-electron chi connectivity index (χ0n) is 10.9. The molecule has 0 aliphatic carbocycles. The number of hydrogen-bond donors (Lipinski definition) is 1. The van der Waals surface area contributed by atoms with Crippen molar-refractivity contribution >= 4 is 5.97 Å². The van der Waals surface area contributed by atoms with Gasteiger partial charge in [-0.2, -0.15) is 5.26 Å². The number of aromatic nitrogens is 2. The summed E-state index contributed by atoms with van der Waals surface area (Å²) < 4.78 is 5.56. The molecular formula is C14H11N3O3. The minimum atomic E-state index is -1.09. The lowest BCUT2D eigenvalue weighted by atomic mass is 10.2. The molecule has 2 aromatic heterocycles. The van der Waals surface area contributed by atoms with E-state index in [1.807, 2.05) is 6.07 Å². The lowest BCUT2D eigenvalue weighted by molar-refractivity contribution is 0.0696. The van der Waals surface area contributed by atoms with Gasteiger partial charge in [0.2, 0.25) is 0 Å². The van der Waals surface area contributed by atoms with Crippen LogP contribution in [0.1, 0.15) is 27.3 Å². The first-order valence-electron chi connectivity index (χ1n) is 5.76. The fourth-order valence-corrected chi connectivity index (χ4v) is 1.73. The first-order chi connectivity index (χ1) is 9.51. The van der Waals surface area contributed by atoms with Crippen LogP contribution in [0.5, 0.6) is 11.5 Å². The van der Waals surface area contributed by atoms with Gasteiger partial charge in [0.1, 0.15) is 23.1 Å². The minimum absolute atomic E-state index is 0.0171. The van der Waals surface area contributed by atoms with Gasteiger partial charge in [0.15, 0.2) is 0 Å². The Labute approximate surface area is 115 Å². The van der Waals surface area contributed by atoms with Crippen LogP contribution < -0.4 is 4.74 Å². The quantitative estimate of drug-likeness (QED) is 0.919. The molecule has 0 saturated carbocycles. The average Bonchev–Trinajstić information content (AvgIpc) is 2.38. The molecule has 0 atom stereocenters. The summed E-state index contributed by atoms with van der Waals surface area (Å²) in [6.45, 7) is 3.50. The van der Waals surface area contributed by atoms with E-state index in [1.165, 1.54) is 18.5 Å². The molecular weight excluding hydrogens is 258 g/mol. The molecule has 0 aromatic carbocycles. The van der Waals surface area contributed by atoms with E-state index in [0.717, 1.165) is 0 Å². The number of hydrogen-bond acceptors (Lipinski definition) is 5. The van der Waals surface area contributed by atoms with E-state index >= 15 is 0 Å². The second-order valence-electron chi connectivity index (χ2n) is 4.15. The third kappa shape index (κ3) is 2.72. The van der Waals surface area contributed by atoms with Gasteiger partial charge in [0.05, 0.1) is 17.5 Å². The van der Waals surface area contributed by atoms with E-state index < -0.39 is 5.97 Å². The summed E-state index contributed by atoms with van der Waals surface area (Å²) in [5, 5.41) is 18.0. The highest BCUT2D eigenvalue weighted by atomic mass is 16.5. The van der Waals surface area contributed by atoms with E-state index in [1.54, 1.807) is 19.9 Å². The number of carboxylic acid groups (broad SMARTS) is 1. The first-order valence-corrected chi connectivity index (χ1v) is 5.76. The smallest absolute Gasteiger partial charge is 0.337 e. The zero-order chi connectivity index (χ0) is 14.7. The topological polar surface area (TPSA) is 96.1 Å². The number of aromatic carboxylic acids is 1. The van der Waals surface area contributed by atoms with Crippen molar-refractivity contribution in [2.75, 3.05) is 0 Å². The summed E-state index contributed by atoms with van der Waals surface area (Å²) in [6.07, 6.45) is 2.61. The summed E-state index contributed by atoms with van der Waals surface area (Å²) in [4.78, 5) is 18.9. The third-order valence-electron chi connectivity index (χ3n) is 2.59. The molecule has 100 valence electrons. The van der Waals surface area contributed by atoms with E-state index in [4.69, 9.17) is 15.1 Å². The minimum Gasteiger partial charge on any atom is -0.478 e. The van der Waals surface area contributed by atoms with Crippen LogP contribution in [0.2, 0.25) is 0 Å². The number of carboxylic acids is 1. The fourth-order valence-electron chi connectivity index (χ4n) is 1.73. The van der Waals surface area contributed by atoms with Crippen LogP contribution in [-0.4, -0.2) is 21.0 Å². The fraction of sp³-hybridized carbons (Fsp3) is 0.143. The Morgan fingerprint density at radius 3 is 2.75 bits per heavy atom. The summed E-state index contributed by atoms with van der Waals surface area (Å²) in [5.74, 6) is -0.501. The van der Waals surface area contributed by atoms with Gasteiger partial charge in [-0.25, -0.2) is 4.79 Å². The Bertz CT molecular complexity index is 720. The normalized spacial score (nSPS) is 9.85. The number of nitriles is 1.